The van der Waals surface area contributed by atoms with Crippen molar-refractivity contribution < 1.29 is 22.4 Å². The molecule has 2 amide bonds. The van der Waals surface area contributed by atoms with Crippen LogP contribution in [0.2, 0.25) is 5.02 Å². The van der Waals surface area contributed by atoms with Gasteiger partial charge in [0.2, 0.25) is 11.8 Å². The number of nitrogens with zero attached hydrogens (tertiary/aromatic N) is 2. The Morgan fingerprint density at radius 2 is 2.03 bits per heavy atom. The summed E-state index contributed by atoms with van der Waals surface area (Å²) in [5.74, 6) is -2.07. The Hall–Kier alpha value is -3.04. The molecule has 2 unspecified atom stereocenters. The smallest absolute Gasteiger partial charge is 0.280 e. The third-order valence-corrected chi connectivity index (χ3v) is 6.73. The molecule has 1 heterocycles. The molecule has 12 heteroatoms. The fourth-order valence-electron chi connectivity index (χ4n) is 3.16. The van der Waals surface area contributed by atoms with E-state index in [4.69, 9.17) is 16.9 Å². The fraction of sp³-hybridized carbons (Fsp3) is 0.250. The normalized spacial score (nSPS) is 20.2. The lowest BCUT2D eigenvalue weighted by atomic mass is 10.1. The summed E-state index contributed by atoms with van der Waals surface area (Å²) in [5.41, 5.74) is 0.576. The maximum absolute atomic E-state index is 13.5. The molecule has 0 aromatic heterocycles. The predicted octanol–water partition coefficient (Wildman–Crippen LogP) is 1.51. The van der Waals surface area contributed by atoms with E-state index in [9.17, 15) is 22.4 Å². The molecular formula is C20H19ClFN5O4S. The summed E-state index contributed by atoms with van der Waals surface area (Å²) in [6.07, 6.45) is -0.144. The summed E-state index contributed by atoms with van der Waals surface area (Å²) in [6, 6.07) is 9.48. The van der Waals surface area contributed by atoms with E-state index in [1.165, 1.54) is 13.1 Å². The van der Waals surface area contributed by atoms with E-state index in [-0.39, 0.29) is 24.2 Å². The van der Waals surface area contributed by atoms with Crippen molar-refractivity contribution in [3.05, 3.63) is 64.4 Å². The zero-order valence-corrected chi connectivity index (χ0v) is 18.4. The van der Waals surface area contributed by atoms with Gasteiger partial charge in [0, 0.05) is 24.3 Å². The van der Waals surface area contributed by atoms with Gasteiger partial charge in [0.05, 0.1) is 5.56 Å². The van der Waals surface area contributed by atoms with Gasteiger partial charge in [-0.2, -0.15) is 22.7 Å². The van der Waals surface area contributed by atoms with Gasteiger partial charge in [-0.25, -0.2) is 4.39 Å². The van der Waals surface area contributed by atoms with Crippen molar-refractivity contribution in [3.63, 3.8) is 0 Å². The van der Waals surface area contributed by atoms with E-state index >= 15 is 0 Å². The van der Waals surface area contributed by atoms with Gasteiger partial charge in [-0.1, -0.05) is 23.7 Å². The number of likely N-dealkylation sites (N-methyl/N-ethyl adjacent to an activating group) is 1. The molecule has 0 saturated carbocycles. The van der Waals surface area contributed by atoms with Gasteiger partial charge in [-0.3, -0.25) is 9.59 Å². The van der Waals surface area contributed by atoms with E-state index in [2.05, 4.69) is 15.4 Å². The van der Waals surface area contributed by atoms with E-state index in [1.807, 2.05) is 0 Å². The minimum absolute atomic E-state index is 0.122. The Morgan fingerprint density at radius 1 is 1.28 bits per heavy atom. The van der Waals surface area contributed by atoms with E-state index in [1.54, 1.807) is 30.3 Å². The molecule has 0 spiro atoms. The Labute approximate surface area is 189 Å². The second kappa shape index (κ2) is 9.62. The molecule has 1 aliphatic heterocycles. The lowest BCUT2D eigenvalue weighted by Gasteiger charge is -2.35. The number of carbonyl (C=O) groups is 2. The number of anilines is 1. The molecule has 1 fully saturated rings. The van der Waals surface area contributed by atoms with Crippen LogP contribution < -0.4 is 15.4 Å². The quantitative estimate of drug-likeness (QED) is 0.598. The van der Waals surface area contributed by atoms with E-state index in [0.29, 0.717) is 5.02 Å². The maximum Gasteiger partial charge on any atom is 0.280 e. The van der Waals surface area contributed by atoms with Gasteiger partial charge < -0.3 is 10.6 Å². The summed E-state index contributed by atoms with van der Waals surface area (Å²) in [6.45, 7) is 0.122. The molecule has 1 aliphatic rings. The average molecular weight is 480 g/mol. The molecule has 9 nitrogen and oxygen atoms in total. The summed E-state index contributed by atoms with van der Waals surface area (Å²) in [4.78, 5) is 25.4. The Balaban J connectivity index is 1.72. The second-order valence-electron chi connectivity index (χ2n) is 7.09. The zero-order valence-electron chi connectivity index (χ0n) is 16.8. The van der Waals surface area contributed by atoms with Crippen molar-refractivity contribution >= 4 is 39.3 Å². The maximum atomic E-state index is 13.5. The fourth-order valence-corrected chi connectivity index (χ4v) is 4.62. The summed E-state index contributed by atoms with van der Waals surface area (Å²) in [7, 11) is -2.92. The number of nitriles is 1. The van der Waals surface area contributed by atoms with Crippen LogP contribution in [0.15, 0.2) is 42.5 Å². The highest BCUT2D eigenvalue weighted by molar-refractivity contribution is 7.87. The van der Waals surface area contributed by atoms with E-state index < -0.39 is 39.9 Å². The second-order valence-corrected chi connectivity index (χ2v) is 9.28. The lowest BCUT2D eigenvalue weighted by molar-refractivity contribution is -0.124. The molecule has 3 N–H and O–H groups in total. The number of carbonyl (C=O) groups excluding carboxylic acids is 2. The van der Waals surface area contributed by atoms with Gasteiger partial charge in [-0.05, 0) is 42.3 Å². The Bertz CT molecular complexity index is 1200. The molecule has 2 aromatic carbocycles. The zero-order chi connectivity index (χ0) is 23.5. The number of benzene rings is 2. The number of nitrogens with one attached hydrogen (secondary N) is 3. The van der Waals surface area contributed by atoms with Crippen LogP contribution in [0.5, 0.6) is 0 Å². The van der Waals surface area contributed by atoms with Gasteiger partial charge >= 0.3 is 0 Å². The van der Waals surface area contributed by atoms with Crippen LogP contribution in [0.25, 0.3) is 0 Å². The monoisotopic (exact) mass is 479 g/mol. The first-order valence-corrected chi connectivity index (χ1v) is 11.2. The van der Waals surface area contributed by atoms with Crippen LogP contribution in [0.3, 0.4) is 0 Å². The lowest BCUT2D eigenvalue weighted by Crippen LogP contribution is -2.62. The molecular weight excluding hydrogens is 461 g/mol. The van der Waals surface area contributed by atoms with Crippen molar-refractivity contribution in [2.45, 2.75) is 25.0 Å². The third-order valence-electron chi connectivity index (χ3n) is 4.90. The molecule has 0 radical (unpaired) electrons. The number of rotatable bonds is 5. The highest BCUT2D eigenvalue weighted by Crippen LogP contribution is 2.20. The summed E-state index contributed by atoms with van der Waals surface area (Å²) in [5, 5.41) is 14.5. The van der Waals surface area contributed by atoms with Crippen LogP contribution in [0, 0.1) is 17.1 Å². The van der Waals surface area contributed by atoms with Crippen LogP contribution >= 0.6 is 11.6 Å². The number of amides is 2. The van der Waals surface area contributed by atoms with Crippen LogP contribution in [0.4, 0.5) is 10.1 Å². The topological polar surface area (TPSA) is 131 Å². The first-order chi connectivity index (χ1) is 15.1. The molecule has 2 atom stereocenters. The summed E-state index contributed by atoms with van der Waals surface area (Å²) < 4.78 is 41.5. The Morgan fingerprint density at radius 3 is 2.72 bits per heavy atom. The number of halogens is 2. The van der Waals surface area contributed by atoms with Gasteiger partial charge in [0.15, 0.2) is 0 Å². The van der Waals surface area contributed by atoms with Gasteiger partial charge in [0.25, 0.3) is 10.2 Å². The standard InChI is InChI=1S/C20H19ClFN5O4S/c1-27-18(20(29)25-15-5-6-16(22)13(8-15)10-23)9-17(26-32(27,30)31)19(28)24-11-12-3-2-4-14(21)7-12/h2-8,17-18,26H,9,11H2,1H3,(H,24,28)(H,25,29). The largest absolute Gasteiger partial charge is 0.351 e. The minimum atomic E-state index is -4.12. The van der Waals surface area contributed by atoms with Crippen molar-refractivity contribution in [2.24, 2.45) is 0 Å². The molecule has 168 valence electrons. The third kappa shape index (κ3) is 5.41. The predicted molar refractivity (Wildman–Crippen MR) is 115 cm³/mol. The van der Waals surface area contributed by atoms with Crippen molar-refractivity contribution in [1.82, 2.24) is 14.3 Å². The average Bonchev–Trinajstić information content (AvgIpc) is 2.75. The first kappa shape index (κ1) is 23.6. The van der Waals surface area contributed by atoms with Crippen LogP contribution in [-0.2, 0) is 26.3 Å². The van der Waals surface area contributed by atoms with Crippen molar-refractivity contribution in [2.75, 3.05) is 12.4 Å². The molecule has 2 aromatic rings. The van der Waals surface area contributed by atoms with Gasteiger partial charge in [-0.15, -0.1) is 0 Å². The highest BCUT2D eigenvalue weighted by Gasteiger charge is 2.42. The molecule has 3 rings (SSSR count). The van der Waals surface area contributed by atoms with Crippen molar-refractivity contribution in [3.8, 4) is 6.07 Å². The minimum Gasteiger partial charge on any atom is -0.351 e. The highest BCUT2D eigenvalue weighted by atomic mass is 35.5. The SMILES string of the molecule is CN1C(C(=O)Nc2ccc(F)c(C#N)c2)CC(C(=O)NCc2cccc(Cl)c2)NS1(=O)=O. The first-order valence-electron chi connectivity index (χ1n) is 9.38. The number of hydrogen-bond acceptors (Lipinski definition) is 5. The number of hydrogen-bond donors (Lipinski definition) is 3. The van der Waals surface area contributed by atoms with Crippen LogP contribution in [0.1, 0.15) is 17.5 Å². The molecule has 0 bridgehead atoms. The van der Waals surface area contributed by atoms with Gasteiger partial charge in [0.1, 0.15) is 24.0 Å². The van der Waals surface area contributed by atoms with E-state index in [0.717, 1.165) is 22.0 Å². The summed E-state index contributed by atoms with van der Waals surface area (Å²) >= 11 is 5.92. The Kier molecular flexibility index (Phi) is 7.10. The van der Waals surface area contributed by atoms with Crippen LogP contribution in [-0.4, -0.2) is 43.7 Å². The molecule has 1 saturated heterocycles. The molecule has 32 heavy (non-hydrogen) atoms. The molecule has 0 aliphatic carbocycles. The van der Waals surface area contributed by atoms with Crippen molar-refractivity contribution in [1.29, 1.82) is 5.26 Å².